The minimum Gasteiger partial charge on any atom is -0.316 e. The van der Waals surface area contributed by atoms with Gasteiger partial charge in [0.2, 0.25) is 0 Å². The molecule has 1 aromatic rings. The lowest BCUT2D eigenvalue weighted by molar-refractivity contribution is 0.739. The van der Waals surface area contributed by atoms with Crippen LogP contribution in [0.3, 0.4) is 0 Å². The average molecular weight is 183 g/mol. The summed E-state index contributed by atoms with van der Waals surface area (Å²) in [5, 5.41) is 14.0. The Morgan fingerprint density at radius 2 is 2.50 bits per heavy atom. The molecule has 1 fully saturated rings. The molecule has 1 atom stereocenters. The van der Waals surface area contributed by atoms with Crippen LogP contribution in [0.2, 0.25) is 0 Å². The van der Waals surface area contributed by atoms with E-state index in [1.54, 1.807) is 11.3 Å². The average Bonchev–Trinajstić information content (AvgIpc) is 2.75. The fraction of sp³-hybridized carbons (Fsp3) is 0.750. The van der Waals surface area contributed by atoms with E-state index in [-0.39, 0.29) is 0 Å². The zero-order chi connectivity index (χ0) is 8.39. The van der Waals surface area contributed by atoms with Crippen LogP contribution in [-0.4, -0.2) is 23.3 Å². The maximum absolute atomic E-state index is 4.20. The van der Waals surface area contributed by atoms with Crippen LogP contribution in [0.4, 0.5) is 0 Å². The number of aromatic nitrogens is 2. The third-order valence-corrected chi connectivity index (χ3v) is 3.42. The molecule has 0 amide bonds. The van der Waals surface area contributed by atoms with E-state index in [4.69, 9.17) is 0 Å². The Hall–Kier alpha value is -0.480. The highest BCUT2D eigenvalue weighted by molar-refractivity contribution is 7.11. The number of hydrogen-bond acceptors (Lipinski definition) is 4. The van der Waals surface area contributed by atoms with Crippen LogP contribution in [0, 0.1) is 0 Å². The van der Waals surface area contributed by atoms with Crippen LogP contribution in [0.5, 0.6) is 0 Å². The van der Waals surface area contributed by atoms with Gasteiger partial charge in [0.15, 0.2) is 0 Å². The summed E-state index contributed by atoms with van der Waals surface area (Å²) < 4.78 is 0. The van der Waals surface area contributed by atoms with E-state index >= 15 is 0 Å². The number of rotatable bonds is 2. The molecule has 0 aliphatic carbocycles. The lowest BCUT2D eigenvalue weighted by Crippen LogP contribution is -2.07. The summed E-state index contributed by atoms with van der Waals surface area (Å²) in [5.74, 6) is 0.628. The normalized spacial score (nSPS) is 23.2. The van der Waals surface area contributed by atoms with Gasteiger partial charge in [-0.3, -0.25) is 0 Å². The van der Waals surface area contributed by atoms with Gasteiger partial charge in [-0.1, -0.05) is 6.92 Å². The first kappa shape index (κ1) is 8.13. The zero-order valence-corrected chi connectivity index (χ0v) is 8.02. The third kappa shape index (κ3) is 1.49. The predicted molar refractivity (Wildman–Crippen MR) is 49.5 cm³/mol. The Balaban J connectivity index is 2.11. The van der Waals surface area contributed by atoms with Crippen molar-refractivity contribution in [2.75, 3.05) is 13.1 Å². The second-order valence-electron chi connectivity index (χ2n) is 3.08. The molecule has 1 N–H and O–H groups in total. The van der Waals surface area contributed by atoms with Crippen molar-refractivity contribution >= 4 is 11.3 Å². The van der Waals surface area contributed by atoms with Gasteiger partial charge < -0.3 is 5.32 Å². The monoisotopic (exact) mass is 183 g/mol. The fourth-order valence-corrected chi connectivity index (χ4v) is 2.36. The molecule has 0 radical (unpaired) electrons. The molecular formula is C8H13N3S. The summed E-state index contributed by atoms with van der Waals surface area (Å²) in [5.41, 5.74) is 0. The summed E-state index contributed by atoms with van der Waals surface area (Å²) in [6.07, 6.45) is 2.23. The molecule has 1 saturated heterocycles. The van der Waals surface area contributed by atoms with Crippen molar-refractivity contribution in [3.05, 3.63) is 10.0 Å². The Labute approximate surface area is 76.2 Å². The van der Waals surface area contributed by atoms with Gasteiger partial charge in [-0.25, -0.2) is 0 Å². The Bertz CT molecular complexity index is 253. The molecule has 4 heteroatoms. The largest absolute Gasteiger partial charge is 0.316 e. The SMILES string of the molecule is CCc1nnc(C2CCNC2)s1. The fourth-order valence-electron chi connectivity index (χ4n) is 1.44. The van der Waals surface area contributed by atoms with E-state index in [0.29, 0.717) is 5.92 Å². The molecule has 0 bridgehead atoms. The van der Waals surface area contributed by atoms with Gasteiger partial charge in [0.05, 0.1) is 0 Å². The van der Waals surface area contributed by atoms with Crippen LogP contribution < -0.4 is 5.32 Å². The minimum absolute atomic E-state index is 0.628. The van der Waals surface area contributed by atoms with Gasteiger partial charge in [-0.15, -0.1) is 21.5 Å². The topological polar surface area (TPSA) is 37.8 Å². The van der Waals surface area contributed by atoms with E-state index in [0.717, 1.165) is 24.5 Å². The smallest absolute Gasteiger partial charge is 0.121 e. The molecule has 3 nitrogen and oxygen atoms in total. The first-order valence-electron chi connectivity index (χ1n) is 4.43. The molecule has 1 unspecified atom stereocenters. The van der Waals surface area contributed by atoms with Crippen molar-refractivity contribution in [3.8, 4) is 0 Å². The summed E-state index contributed by atoms with van der Waals surface area (Å²) in [7, 11) is 0. The predicted octanol–water partition coefficient (Wildman–Crippen LogP) is 1.18. The first-order chi connectivity index (χ1) is 5.90. The molecule has 12 heavy (non-hydrogen) atoms. The molecule has 66 valence electrons. The van der Waals surface area contributed by atoms with Gasteiger partial charge in [0.1, 0.15) is 10.0 Å². The Morgan fingerprint density at radius 3 is 3.08 bits per heavy atom. The van der Waals surface area contributed by atoms with Crippen molar-refractivity contribution in [1.29, 1.82) is 0 Å². The summed E-state index contributed by atoms with van der Waals surface area (Å²) in [4.78, 5) is 0. The first-order valence-corrected chi connectivity index (χ1v) is 5.24. The van der Waals surface area contributed by atoms with Gasteiger partial charge in [0.25, 0.3) is 0 Å². The molecule has 0 aromatic carbocycles. The summed E-state index contributed by atoms with van der Waals surface area (Å²) >= 11 is 1.77. The van der Waals surface area contributed by atoms with Crippen molar-refractivity contribution in [1.82, 2.24) is 15.5 Å². The lowest BCUT2D eigenvalue weighted by Gasteiger charge is -1.99. The van der Waals surface area contributed by atoms with Gasteiger partial charge >= 0.3 is 0 Å². The highest BCUT2D eigenvalue weighted by atomic mass is 32.1. The van der Waals surface area contributed by atoms with E-state index in [1.165, 1.54) is 11.4 Å². The second kappa shape index (κ2) is 3.49. The van der Waals surface area contributed by atoms with Crippen LogP contribution >= 0.6 is 11.3 Å². The Morgan fingerprint density at radius 1 is 1.58 bits per heavy atom. The van der Waals surface area contributed by atoms with E-state index in [1.807, 2.05) is 0 Å². The van der Waals surface area contributed by atoms with Gasteiger partial charge in [0, 0.05) is 12.5 Å². The second-order valence-corrected chi connectivity index (χ2v) is 4.17. The van der Waals surface area contributed by atoms with Crippen LogP contribution in [-0.2, 0) is 6.42 Å². The number of aryl methyl sites for hydroxylation is 1. The number of nitrogens with one attached hydrogen (secondary N) is 1. The number of nitrogens with zero attached hydrogens (tertiary/aromatic N) is 2. The van der Waals surface area contributed by atoms with Crippen LogP contribution in [0.1, 0.15) is 29.3 Å². The van der Waals surface area contributed by atoms with Crippen molar-refractivity contribution in [2.45, 2.75) is 25.7 Å². The molecule has 2 rings (SSSR count). The molecular weight excluding hydrogens is 170 g/mol. The molecule has 0 spiro atoms. The molecule has 1 aliphatic heterocycles. The standard InChI is InChI=1S/C8H13N3S/c1-2-7-10-11-8(12-7)6-3-4-9-5-6/h6,9H,2-5H2,1H3. The molecule has 2 heterocycles. The van der Waals surface area contributed by atoms with E-state index in [2.05, 4.69) is 22.4 Å². The zero-order valence-electron chi connectivity index (χ0n) is 7.21. The van der Waals surface area contributed by atoms with Crippen molar-refractivity contribution in [3.63, 3.8) is 0 Å². The van der Waals surface area contributed by atoms with Gasteiger partial charge in [-0.2, -0.15) is 0 Å². The third-order valence-electron chi connectivity index (χ3n) is 2.19. The van der Waals surface area contributed by atoms with E-state index < -0.39 is 0 Å². The minimum atomic E-state index is 0.628. The van der Waals surface area contributed by atoms with Crippen LogP contribution in [0.25, 0.3) is 0 Å². The van der Waals surface area contributed by atoms with E-state index in [9.17, 15) is 0 Å². The highest BCUT2D eigenvalue weighted by Gasteiger charge is 2.20. The number of hydrogen-bond donors (Lipinski definition) is 1. The molecule has 0 saturated carbocycles. The lowest BCUT2D eigenvalue weighted by atomic mass is 10.1. The summed E-state index contributed by atoms with van der Waals surface area (Å²) in [6, 6.07) is 0. The molecule has 1 aromatic heterocycles. The maximum atomic E-state index is 4.20. The maximum Gasteiger partial charge on any atom is 0.121 e. The Kier molecular flexibility index (Phi) is 2.37. The van der Waals surface area contributed by atoms with Crippen molar-refractivity contribution < 1.29 is 0 Å². The summed E-state index contributed by atoms with van der Waals surface area (Å²) in [6.45, 7) is 4.33. The van der Waals surface area contributed by atoms with Crippen LogP contribution in [0.15, 0.2) is 0 Å². The molecule has 1 aliphatic rings. The van der Waals surface area contributed by atoms with Gasteiger partial charge in [-0.05, 0) is 19.4 Å². The van der Waals surface area contributed by atoms with Crippen molar-refractivity contribution in [2.24, 2.45) is 0 Å². The highest BCUT2D eigenvalue weighted by Crippen LogP contribution is 2.25. The quantitative estimate of drug-likeness (QED) is 0.748.